The quantitative estimate of drug-likeness (QED) is 0.720. The van der Waals surface area contributed by atoms with Crippen molar-refractivity contribution in [3.05, 3.63) is 24.0 Å². The second-order valence-electron chi connectivity index (χ2n) is 6.62. The van der Waals surface area contributed by atoms with E-state index in [1.54, 1.807) is 17.0 Å². The predicted molar refractivity (Wildman–Crippen MR) is 108 cm³/mol. The number of nitrogens with one attached hydrogen (secondary N) is 2. The standard InChI is InChI=1S/C17H23FN4O3S2/c1-2-16(26)20-10-13-11-22(17(23)25-13)12-3-4-15(14(18)9-12)21-5-7-27(19,24)8-6-21/h3-4,9,13,19H,2,5-8,10-11H2,1H3,(H,20,26). The van der Waals surface area contributed by atoms with E-state index in [0.29, 0.717) is 42.5 Å². The molecule has 1 unspecified atom stereocenters. The molecule has 2 fully saturated rings. The molecule has 1 amide bonds. The van der Waals surface area contributed by atoms with Crippen LogP contribution in [0, 0.1) is 10.6 Å². The Kier molecular flexibility index (Phi) is 5.85. The summed E-state index contributed by atoms with van der Waals surface area (Å²) < 4.78 is 39.3. The molecule has 0 radical (unpaired) electrons. The smallest absolute Gasteiger partial charge is 0.414 e. The fourth-order valence-electron chi connectivity index (χ4n) is 3.08. The van der Waals surface area contributed by atoms with Crippen molar-refractivity contribution in [2.45, 2.75) is 19.4 Å². The van der Waals surface area contributed by atoms with Gasteiger partial charge < -0.3 is 15.0 Å². The molecule has 1 aromatic carbocycles. The maximum atomic E-state index is 14.6. The maximum absolute atomic E-state index is 14.6. The van der Waals surface area contributed by atoms with E-state index in [1.807, 2.05) is 6.92 Å². The van der Waals surface area contributed by atoms with Gasteiger partial charge in [-0.3, -0.25) is 9.68 Å². The van der Waals surface area contributed by atoms with E-state index < -0.39 is 21.6 Å². The van der Waals surface area contributed by atoms with Gasteiger partial charge in [0.05, 0.1) is 29.5 Å². The largest absolute Gasteiger partial charge is 0.442 e. The summed E-state index contributed by atoms with van der Waals surface area (Å²) >= 11 is 5.10. The van der Waals surface area contributed by atoms with Gasteiger partial charge in [0.15, 0.2) is 0 Å². The number of thiocarbonyl (C=S) groups is 1. The maximum Gasteiger partial charge on any atom is 0.414 e. The molecule has 0 aromatic heterocycles. The van der Waals surface area contributed by atoms with Gasteiger partial charge >= 0.3 is 6.09 Å². The molecule has 27 heavy (non-hydrogen) atoms. The van der Waals surface area contributed by atoms with Crippen LogP contribution in [0.4, 0.5) is 20.6 Å². The first-order valence-electron chi connectivity index (χ1n) is 8.82. The van der Waals surface area contributed by atoms with Gasteiger partial charge in [0.25, 0.3) is 0 Å². The van der Waals surface area contributed by atoms with Crippen LogP contribution < -0.4 is 15.1 Å². The van der Waals surface area contributed by atoms with Gasteiger partial charge in [-0.1, -0.05) is 19.1 Å². The number of ether oxygens (including phenoxy) is 1. The summed E-state index contributed by atoms with van der Waals surface area (Å²) in [6.07, 6.45) is -0.141. The van der Waals surface area contributed by atoms with E-state index >= 15 is 0 Å². The minimum Gasteiger partial charge on any atom is -0.442 e. The Balaban J connectivity index is 1.67. The number of halogens is 1. The zero-order chi connectivity index (χ0) is 19.6. The van der Waals surface area contributed by atoms with Gasteiger partial charge in [0.2, 0.25) is 0 Å². The van der Waals surface area contributed by atoms with E-state index in [9.17, 15) is 13.4 Å². The van der Waals surface area contributed by atoms with Gasteiger partial charge in [0, 0.05) is 34.3 Å². The summed E-state index contributed by atoms with van der Waals surface area (Å²) in [6.45, 7) is 3.46. The highest BCUT2D eigenvalue weighted by Crippen LogP contribution is 2.28. The molecule has 10 heteroatoms. The number of cyclic esters (lactones) is 1. The first kappa shape index (κ1) is 19.8. The van der Waals surface area contributed by atoms with Crippen LogP contribution in [-0.4, -0.2) is 59.1 Å². The number of carbonyl (C=O) groups excluding carboxylic acids is 1. The van der Waals surface area contributed by atoms with Crippen LogP contribution in [0.15, 0.2) is 18.2 Å². The van der Waals surface area contributed by atoms with Crippen molar-refractivity contribution in [1.82, 2.24) is 5.32 Å². The van der Waals surface area contributed by atoms with Gasteiger partial charge in [-0.2, -0.15) is 0 Å². The van der Waals surface area contributed by atoms with Gasteiger partial charge in [-0.25, -0.2) is 13.4 Å². The van der Waals surface area contributed by atoms with Gasteiger partial charge in [-0.15, -0.1) is 0 Å². The lowest BCUT2D eigenvalue weighted by atomic mass is 10.2. The topological polar surface area (TPSA) is 85.7 Å². The normalized spacial score (nSPS) is 21.9. The van der Waals surface area contributed by atoms with Crippen molar-refractivity contribution in [1.29, 1.82) is 4.78 Å². The lowest BCUT2D eigenvalue weighted by Crippen LogP contribution is -2.40. The molecule has 1 atom stereocenters. The molecular weight excluding hydrogens is 391 g/mol. The van der Waals surface area contributed by atoms with Crippen molar-refractivity contribution in [3.8, 4) is 0 Å². The highest BCUT2D eigenvalue weighted by molar-refractivity contribution is 7.92. The van der Waals surface area contributed by atoms with Crippen LogP contribution in [0.2, 0.25) is 0 Å². The summed E-state index contributed by atoms with van der Waals surface area (Å²) in [7, 11) is -2.53. The van der Waals surface area contributed by atoms with Crippen LogP contribution in [0.1, 0.15) is 13.3 Å². The first-order valence-corrected chi connectivity index (χ1v) is 11.1. The fourth-order valence-corrected chi connectivity index (χ4v) is 4.40. The molecule has 2 saturated heterocycles. The van der Waals surface area contributed by atoms with E-state index in [2.05, 4.69) is 5.32 Å². The zero-order valence-electron chi connectivity index (χ0n) is 15.1. The third-order valence-corrected chi connectivity index (χ3v) is 6.80. The van der Waals surface area contributed by atoms with Crippen molar-refractivity contribution >= 4 is 44.4 Å². The third kappa shape index (κ3) is 4.67. The highest BCUT2D eigenvalue weighted by atomic mass is 32.2. The number of benzene rings is 1. The van der Waals surface area contributed by atoms with Crippen molar-refractivity contribution in [2.24, 2.45) is 0 Å². The summed E-state index contributed by atoms with van der Waals surface area (Å²) in [5.41, 5.74) is 0.829. The Morgan fingerprint density at radius 1 is 1.44 bits per heavy atom. The Bertz CT molecular complexity index is 833. The number of nitrogens with zero attached hydrogens (tertiary/aromatic N) is 2. The monoisotopic (exact) mass is 414 g/mol. The molecule has 2 heterocycles. The molecule has 7 nitrogen and oxygen atoms in total. The predicted octanol–water partition coefficient (Wildman–Crippen LogP) is 2.34. The zero-order valence-corrected chi connectivity index (χ0v) is 16.7. The molecule has 0 saturated carbocycles. The lowest BCUT2D eigenvalue weighted by molar-refractivity contribution is 0.143. The number of amides is 1. The van der Waals surface area contributed by atoms with Crippen LogP contribution >= 0.6 is 12.2 Å². The average Bonchev–Trinajstić information content (AvgIpc) is 3.01. The Morgan fingerprint density at radius 2 is 2.15 bits per heavy atom. The third-order valence-electron chi connectivity index (χ3n) is 4.69. The lowest BCUT2D eigenvalue weighted by Gasteiger charge is -2.30. The second kappa shape index (κ2) is 7.97. The molecule has 2 aliphatic rings. The highest BCUT2D eigenvalue weighted by Gasteiger charge is 2.33. The van der Waals surface area contributed by atoms with Crippen molar-refractivity contribution in [3.63, 3.8) is 0 Å². The molecule has 0 spiro atoms. The minimum atomic E-state index is -2.53. The molecule has 0 aliphatic carbocycles. The van der Waals surface area contributed by atoms with Crippen LogP contribution in [-0.2, 0) is 14.5 Å². The van der Waals surface area contributed by atoms with E-state index in [-0.39, 0.29) is 17.6 Å². The summed E-state index contributed by atoms with van der Waals surface area (Å²) in [5, 5.41) is 3.04. The molecule has 2 aliphatic heterocycles. The van der Waals surface area contributed by atoms with Crippen LogP contribution in [0.3, 0.4) is 0 Å². The van der Waals surface area contributed by atoms with Gasteiger partial charge in [-0.05, 0) is 24.6 Å². The van der Waals surface area contributed by atoms with Crippen LogP contribution in [0.25, 0.3) is 0 Å². The average molecular weight is 415 g/mol. The number of anilines is 2. The van der Waals surface area contributed by atoms with Crippen molar-refractivity contribution < 1.29 is 18.1 Å². The van der Waals surface area contributed by atoms with Crippen molar-refractivity contribution in [2.75, 3.05) is 47.5 Å². The number of carbonyl (C=O) groups is 1. The summed E-state index contributed by atoms with van der Waals surface area (Å²) in [4.78, 5) is 16.0. The molecule has 0 bridgehead atoms. The molecular formula is C17H23FN4O3S2. The number of hydrogen-bond donors (Lipinski definition) is 2. The minimum absolute atomic E-state index is 0.237. The SMILES string of the molecule is CCC(=S)NCC1CN(c2ccc(N3CCS(=N)(=O)CC3)c(F)c2)C(=O)O1. The fraction of sp³-hybridized carbons (Fsp3) is 0.529. The second-order valence-corrected chi connectivity index (χ2v) is 9.55. The molecule has 148 valence electrons. The van der Waals surface area contributed by atoms with E-state index in [1.165, 1.54) is 11.0 Å². The molecule has 1 aromatic rings. The summed E-state index contributed by atoms with van der Waals surface area (Å²) in [5.74, 6) is 0.0226. The Labute approximate surface area is 163 Å². The van der Waals surface area contributed by atoms with E-state index in [0.717, 1.165) is 6.42 Å². The first-order chi connectivity index (χ1) is 12.8. The Hall–Kier alpha value is -1.94. The summed E-state index contributed by atoms with van der Waals surface area (Å²) in [6, 6.07) is 4.61. The van der Waals surface area contributed by atoms with Gasteiger partial charge in [0.1, 0.15) is 11.9 Å². The molecule has 3 rings (SSSR count). The van der Waals surface area contributed by atoms with Crippen LogP contribution in [0.5, 0.6) is 0 Å². The number of rotatable bonds is 5. The Morgan fingerprint density at radius 3 is 2.78 bits per heavy atom. The number of hydrogen-bond acceptors (Lipinski definition) is 6. The molecule has 2 N–H and O–H groups in total. The van der Waals surface area contributed by atoms with E-state index in [4.69, 9.17) is 21.7 Å².